The number of esters is 1. The summed E-state index contributed by atoms with van der Waals surface area (Å²) in [5.41, 5.74) is 0.670. The Balaban J connectivity index is 1.53. The largest absolute Gasteiger partial charge is 0.493 e. The van der Waals surface area contributed by atoms with Gasteiger partial charge in [0.15, 0.2) is 11.5 Å². The zero-order valence-electron chi connectivity index (χ0n) is 19.3. The summed E-state index contributed by atoms with van der Waals surface area (Å²) < 4.78 is 44.3. The van der Waals surface area contributed by atoms with E-state index in [1.54, 1.807) is 24.3 Å². The highest BCUT2D eigenvalue weighted by atomic mass is 32.2. The minimum absolute atomic E-state index is 0.0200. The fraction of sp³-hybridized carbons (Fsp3) is 0.174. The van der Waals surface area contributed by atoms with E-state index >= 15 is 0 Å². The van der Waals surface area contributed by atoms with Gasteiger partial charge in [-0.15, -0.1) is 0 Å². The maximum atomic E-state index is 12.5. The number of amides is 1. The molecule has 1 amide bonds. The zero-order chi connectivity index (χ0) is 26.0. The highest BCUT2D eigenvalue weighted by Crippen LogP contribution is 2.31. The number of carbonyl (C=O) groups is 2. The van der Waals surface area contributed by atoms with E-state index in [0.717, 1.165) is 16.8 Å². The number of carbonyl (C=O) groups excluding carboxylic acids is 2. The van der Waals surface area contributed by atoms with Crippen molar-refractivity contribution in [2.24, 2.45) is 9.39 Å². The molecule has 0 unspecified atom stereocenters. The van der Waals surface area contributed by atoms with Crippen LogP contribution in [0.15, 0.2) is 57.4 Å². The molecule has 11 nitrogen and oxygen atoms in total. The van der Waals surface area contributed by atoms with Crippen molar-refractivity contribution in [2.75, 3.05) is 20.0 Å². The Labute approximate surface area is 211 Å². The molecule has 0 saturated heterocycles. The summed E-state index contributed by atoms with van der Waals surface area (Å²) in [7, 11) is -0.782. The molecule has 0 aliphatic carbocycles. The van der Waals surface area contributed by atoms with E-state index in [9.17, 15) is 18.0 Å². The van der Waals surface area contributed by atoms with Crippen LogP contribution in [0.3, 0.4) is 0 Å². The fourth-order valence-corrected chi connectivity index (χ4v) is 5.22. The highest BCUT2D eigenvalue weighted by Gasteiger charge is 2.42. The normalized spacial score (nSPS) is 16.4. The van der Waals surface area contributed by atoms with Crippen LogP contribution >= 0.6 is 11.9 Å². The molecular weight excluding hydrogens is 508 g/mol. The van der Waals surface area contributed by atoms with Crippen LogP contribution in [0.2, 0.25) is 0 Å². The van der Waals surface area contributed by atoms with Crippen LogP contribution in [-0.4, -0.2) is 61.3 Å². The molecule has 0 aromatic heterocycles. The van der Waals surface area contributed by atoms with Gasteiger partial charge in [0.1, 0.15) is 11.6 Å². The number of amidine groups is 3. The van der Waals surface area contributed by atoms with Crippen LogP contribution in [0, 0.1) is 5.41 Å². The predicted octanol–water partition coefficient (Wildman–Crippen LogP) is 2.93. The molecule has 186 valence electrons. The van der Waals surface area contributed by atoms with Crippen molar-refractivity contribution in [3.05, 3.63) is 59.2 Å². The lowest BCUT2D eigenvalue weighted by atomic mass is 10.1. The van der Waals surface area contributed by atoms with Crippen LogP contribution in [0.1, 0.15) is 22.8 Å². The lowest BCUT2D eigenvalue weighted by Crippen LogP contribution is -2.45. The number of nitrogens with zero attached hydrogens (tertiary/aromatic N) is 3. The van der Waals surface area contributed by atoms with Gasteiger partial charge in [-0.05, 0) is 42.0 Å². The maximum Gasteiger partial charge on any atom is 0.343 e. The van der Waals surface area contributed by atoms with Gasteiger partial charge in [-0.2, -0.15) is 9.39 Å². The molecular formula is C23H20N4O7S2. The van der Waals surface area contributed by atoms with Crippen LogP contribution in [0.4, 0.5) is 0 Å². The number of sulfone groups is 1. The number of hydrogen-bond acceptors (Lipinski definition) is 10. The molecule has 13 heteroatoms. The number of hydrogen-bond donors (Lipinski definition) is 1. The SMILES string of the molecule is CCS(=O)(=O)C1=NSC2=NC(=O)/C(=C\c3ccc(OC(=O)c4ccc(OC)c(OC)c4)cc3)C(=N)N21. The van der Waals surface area contributed by atoms with E-state index in [-0.39, 0.29) is 38.8 Å². The summed E-state index contributed by atoms with van der Waals surface area (Å²) >= 11 is 0.735. The summed E-state index contributed by atoms with van der Waals surface area (Å²) in [6.45, 7) is 1.46. The van der Waals surface area contributed by atoms with Crippen LogP contribution in [-0.2, 0) is 14.6 Å². The highest BCUT2D eigenvalue weighted by molar-refractivity contribution is 8.16. The number of benzene rings is 2. The lowest BCUT2D eigenvalue weighted by Gasteiger charge is -2.24. The first-order chi connectivity index (χ1) is 17.2. The van der Waals surface area contributed by atoms with E-state index in [4.69, 9.17) is 19.6 Å². The van der Waals surface area contributed by atoms with Crippen molar-refractivity contribution in [1.82, 2.24) is 4.90 Å². The van der Waals surface area contributed by atoms with Crippen molar-refractivity contribution in [1.29, 1.82) is 5.41 Å². The fourth-order valence-electron chi connectivity index (χ4n) is 3.26. The average molecular weight is 529 g/mol. The van der Waals surface area contributed by atoms with Crippen molar-refractivity contribution >= 4 is 55.9 Å². The molecule has 0 saturated carbocycles. The first-order valence-corrected chi connectivity index (χ1v) is 12.9. The third-order valence-electron chi connectivity index (χ3n) is 5.17. The van der Waals surface area contributed by atoms with Gasteiger partial charge in [-0.25, -0.2) is 18.1 Å². The summed E-state index contributed by atoms with van der Waals surface area (Å²) in [5.74, 6) is -0.729. The Kier molecular flexibility index (Phi) is 6.95. The van der Waals surface area contributed by atoms with Gasteiger partial charge < -0.3 is 14.2 Å². The molecule has 2 aliphatic heterocycles. The smallest absolute Gasteiger partial charge is 0.343 e. The monoisotopic (exact) mass is 528 g/mol. The number of rotatable bonds is 6. The summed E-state index contributed by atoms with van der Waals surface area (Å²) in [6.07, 6.45) is 1.41. The number of nitrogens with one attached hydrogen (secondary N) is 1. The van der Waals surface area contributed by atoms with Crippen LogP contribution in [0.5, 0.6) is 17.2 Å². The number of methoxy groups -OCH3 is 2. The second-order valence-electron chi connectivity index (χ2n) is 7.34. The van der Waals surface area contributed by atoms with Crippen LogP contribution in [0.25, 0.3) is 6.08 Å². The van der Waals surface area contributed by atoms with E-state index in [2.05, 4.69) is 9.39 Å². The van der Waals surface area contributed by atoms with E-state index in [0.29, 0.717) is 17.1 Å². The van der Waals surface area contributed by atoms with Crippen molar-refractivity contribution in [3.8, 4) is 17.2 Å². The topological polar surface area (TPSA) is 148 Å². The first kappa shape index (κ1) is 25.1. The van der Waals surface area contributed by atoms with Gasteiger partial charge >= 0.3 is 5.97 Å². The summed E-state index contributed by atoms with van der Waals surface area (Å²) in [5, 5.41) is 8.14. The van der Waals surface area contributed by atoms with Crippen molar-refractivity contribution < 1.29 is 32.2 Å². The molecule has 2 heterocycles. The summed E-state index contributed by atoms with van der Waals surface area (Å²) in [4.78, 5) is 30.0. The van der Waals surface area contributed by atoms with Gasteiger partial charge in [0.2, 0.25) is 20.2 Å². The van der Waals surface area contributed by atoms with Crippen molar-refractivity contribution in [3.63, 3.8) is 0 Å². The van der Waals surface area contributed by atoms with E-state index in [1.165, 1.54) is 45.4 Å². The Hall–Kier alpha value is -3.97. The van der Waals surface area contributed by atoms with Gasteiger partial charge in [-0.3, -0.25) is 10.2 Å². The minimum atomic E-state index is -3.73. The van der Waals surface area contributed by atoms with Crippen molar-refractivity contribution in [2.45, 2.75) is 6.92 Å². The molecule has 2 aromatic carbocycles. The van der Waals surface area contributed by atoms with Gasteiger partial charge in [0.25, 0.3) is 5.91 Å². The van der Waals surface area contributed by atoms with E-state index in [1.807, 2.05) is 0 Å². The molecule has 0 atom stereocenters. The molecule has 1 N–H and O–H groups in total. The second-order valence-corrected chi connectivity index (χ2v) is 10.2. The Morgan fingerprint density at radius 3 is 2.44 bits per heavy atom. The maximum absolute atomic E-state index is 12.5. The molecule has 0 spiro atoms. The molecule has 0 radical (unpaired) electrons. The summed E-state index contributed by atoms with van der Waals surface area (Å²) in [6, 6.07) is 10.9. The first-order valence-electron chi connectivity index (χ1n) is 10.4. The molecule has 2 aliphatic rings. The van der Waals surface area contributed by atoms with Gasteiger partial charge in [0.05, 0.1) is 43.1 Å². The lowest BCUT2D eigenvalue weighted by molar-refractivity contribution is -0.114. The quantitative estimate of drug-likeness (QED) is 0.259. The molecule has 2 aromatic rings. The predicted molar refractivity (Wildman–Crippen MR) is 135 cm³/mol. The van der Waals surface area contributed by atoms with Gasteiger partial charge in [-0.1, -0.05) is 19.1 Å². The molecule has 36 heavy (non-hydrogen) atoms. The third-order valence-corrected chi connectivity index (χ3v) is 7.58. The number of ether oxygens (including phenoxy) is 3. The second kappa shape index (κ2) is 9.95. The Morgan fingerprint density at radius 1 is 1.11 bits per heavy atom. The molecule has 0 bridgehead atoms. The van der Waals surface area contributed by atoms with E-state index < -0.39 is 21.7 Å². The number of aliphatic imine (C=N–C) groups is 1. The van der Waals surface area contributed by atoms with Crippen LogP contribution < -0.4 is 14.2 Å². The standard InChI is InChI=1S/C23H20N4O7S2/c1-4-36(30,31)23-26-35-22-25-20(28)16(19(24)27(22)23)11-13-5-8-15(9-6-13)34-21(29)14-7-10-17(32-2)18(12-14)33-3/h5-12,24H,4H2,1-3H3/b16-11-,24-19?. The molecule has 0 fully saturated rings. The molecule has 4 rings (SSSR count). The minimum Gasteiger partial charge on any atom is -0.493 e. The van der Waals surface area contributed by atoms with Gasteiger partial charge in [0, 0.05) is 0 Å². The number of fused-ring (bicyclic) bond motifs is 1. The zero-order valence-corrected chi connectivity index (χ0v) is 21.0. The Morgan fingerprint density at radius 2 is 1.81 bits per heavy atom. The Bertz CT molecular complexity index is 1460. The third kappa shape index (κ3) is 4.75. The average Bonchev–Trinajstić information content (AvgIpc) is 3.31.